The maximum Gasteiger partial charge on any atom is 0.273 e. The summed E-state index contributed by atoms with van der Waals surface area (Å²) < 4.78 is 28.7. The van der Waals surface area contributed by atoms with Gasteiger partial charge in [-0.25, -0.2) is 4.98 Å². The molecule has 0 bridgehead atoms. The van der Waals surface area contributed by atoms with Crippen LogP contribution in [0.3, 0.4) is 0 Å². The zero-order valence-electron chi connectivity index (χ0n) is 16.8. The first-order chi connectivity index (χ1) is 13.7. The molecule has 0 aliphatic carbocycles. The number of halogens is 1. The van der Waals surface area contributed by atoms with E-state index < -0.39 is 12.9 Å². The molecule has 0 aliphatic heterocycles. The lowest BCUT2D eigenvalue weighted by atomic mass is 10.1. The zero-order chi connectivity index (χ0) is 21.2. The fraction of sp³-hybridized carbons (Fsp3) is 0.188. The highest BCUT2D eigenvalue weighted by molar-refractivity contribution is 6.29. The smallest absolute Gasteiger partial charge is 0.273 e. The van der Waals surface area contributed by atoms with Crippen molar-refractivity contribution in [3.8, 4) is 17.1 Å². The molecule has 9 nitrogen and oxygen atoms in total. The second kappa shape index (κ2) is 7.36. The van der Waals surface area contributed by atoms with Gasteiger partial charge in [0.2, 0.25) is 0 Å². The molecule has 3 aromatic rings. The second-order valence-corrected chi connectivity index (χ2v) is 5.52. The number of aryl methyl sites for hydroxylation is 1. The van der Waals surface area contributed by atoms with Crippen LogP contribution < -0.4 is 15.4 Å². The summed E-state index contributed by atoms with van der Waals surface area (Å²) >= 11 is 5.91. The lowest BCUT2D eigenvalue weighted by Crippen LogP contribution is -2.21. The second-order valence-electron chi connectivity index (χ2n) is 5.14. The summed E-state index contributed by atoms with van der Waals surface area (Å²) in [6.45, 7) is -2.68. The van der Waals surface area contributed by atoms with Crippen molar-refractivity contribution < 1.29 is 13.6 Å². The van der Waals surface area contributed by atoms with E-state index in [0.29, 0.717) is 22.8 Å². The Kier molecular flexibility index (Phi) is 3.97. The van der Waals surface area contributed by atoms with Crippen molar-refractivity contribution in [3.05, 3.63) is 41.4 Å². The average Bonchev–Trinajstić information content (AvgIpc) is 3.06. The van der Waals surface area contributed by atoms with Gasteiger partial charge in [0.05, 0.1) is 24.0 Å². The number of para-hydroxylation sites is 1. The standard InChI is InChI=1S/C16H16ClN7O2/c1-18-16(25)13-11(7-12(17)21-22-13)20-10-6-4-5-9(14(10)26-3)15-19-8-24(2)23-15/h4-8H,1-3H3,(H,18,25)(H,20,21)/i1D3. The molecule has 10 heteroatoms. The molecule has 1 aromatic carbocycles. The van der Waals surface area contributed by atoms with Gasteiger partial charge in [0.1, 0.15) is 6.33 Å². The van der Waals surface area contributed by atoms with Gasteiger partial charge < -0.3 is 15.4 Å². The number of ether oxygens (including phenoxy) is 1. The van der Waals surface area contributed by atoms with Crippen LogP contribution in [0.1, 0.15) is 14.6 Å². The molecule has 2 aromatic heterocycles. The molecule has 0 radical (unpaired) electrons. The number of benzene rings is 1. The van der Waals surface area contributed by atoms with Crippen LogP contribution in [0, 0.1) is 0 Å². The molecule has 3 rings (SSSR count). The van der Waals surface area contributed by atoms with Gasteiger partial charge in [0.25, 0.3) is 5.91 Å². The molecule has 0 aliphatic rings. The summed E-state index contributed by atoms with van der Waals surface area (Å²) in [5, 5.41) is 16.5. The Hall–Kier alpha value is -3.20. The molecular weight excluding hydrogens is 358 g/mol. The quantitative estimate of drug-likeness (QED) is 0.701. The van der Waals surface area contributed by atoms with E-state index in [1.165, 1.54) is 13.2 Å². The van der Waals surface area contributed by atoms with E-state index in [9.17, 15) is 4.79 Å². The highest BCUT2D eigenvalue weighted by atomic mass is 35.5. The van der Waals surface area contributed by atoms with Crippen molar-refractivity contribution in [2.24, 2.45) is 7.05 Å². The van der Waals surface area contributed by atoms with E-state index in [0.717, 1.165) is 0 Å². The van der Waals surface area contributed by atoms with Crippen LogP contribution in [-0.2, 0) is 7.05 Å². The van der Waals surface area contributed by atoms with E-state index in [2.05, 4.69) is 25.6 Å². The summed E-state index contributed by atoms with van der Waals surface area (Å²) in [6.07, 6.45) is 1.55. The molecule has 0 saturated carbocycles. The Bertz CT molecular complexity index is 1060. The fourth-order valence-electron chi connectivity index (χ4n) is 2.33. The Morgan fingerprint density at radius 2 is 2.19 bits per heavy atom. The molecule has 0 saturated heterocycles. The van der Waals surface area contributed by atoms with Crippen molar-refractivity contribution in [2.45, 2.75) is 0 Å². The minimum Gasteiger partial charge on any atom is -0.494 e. The molecule has 1 amide bonds. The van der Waals surface area contributed by atoms with Crippen LogP contribution in [0.4, 0.5) is 11.4 Å². The maximum atomic E-state index is 12.3. The SMILES string of the molecule is [2H]C([2H])([2H])NC(=O)c1nnc(Cl)cc1Nc1cccc(-c2ncn(C)n2)c1OC. The van der Waals surface area contributed by atoms with E-state index in [-0.39, 0.29) is 16.5 Å². The Morgan fingerprint density at radius 3 is 2.88 bits per heavy atom. The van der Waals surface area contributed by atoms with E-state index in [1.54, 1.807) is 36.3 Å². The number of rotatable bonds is 5. The summed E-state index contributed by atoms with van der Waals surface area (Å²) in [7, 11) is 3.22. The van der Waals surface area contributed by atoms with Gasteiger partial charge in [0.15, 0.2) is 22.4 Å². The number of aromatic nitrogens is 5. The summed E-state index contributed by atoms with van der Waals surface area (Å²) in [5.74, 6) is -0.0775. The molecule has 0 fully saturated rings. The number of hydrogen-bond acceptors (Lipinski definition) is 7. The number of nitrogens with zero attached hydrogens (tertiary/aromatic N) is 5. The molecule has 26 heavy (non-hydrogen) atoms. The predicted octanol–water partition coefficient (Wildman–Crippen LogP) is 2.04. The first-order valence-electron chi connectivity index (χ1n) is 8.83. The first-order valence-corrected chi connectivity index (χ1v) is 7.71. The molecule has 0 atom stereocenters. The number of hydrogen-bond donors (Lipinski definition) is 2. The van der Waals surface area contributed by atoms with Crippen molar-refractivity contribution in [1.82, 2.24) is 30.3 Å². The van der Waals surface area contributed by atoms with Gasteiger partial charge in [-0.3, -0.25) is 9.48 Å². The maximum absolute atomic E-state index is 12.3. The van der Waals surface area contributed by atoms with Gasteiger partial charge in [-0.15, -0.1) is 10.2 Å². The highest BCUT2D eigenvalue weighted by Crippen LogP contribution is 2.36. The highest BCUT2D eigenvalue weighted by Gasteiger charge is 2.18. The molecule has 2 N–H and O–H groups in total. The molecule has 0 spiro atoms. The van der Waals surface area contributed by atoms with Crippen molar-refractivity contribution in [1.29, 1.82) is 0 Å². The minimum atomic E-state index is -2.68. The van der Waals surface area contributed by atoms with Crippen molar-refractivity contribution >= 4 is 28.9 Å². The lowest BCUT2D eigenvalue weighted by molar-refractivity contribution is 0.0958. The Labute approximate surface area is 158 Å². The van der Waals surface area contributed by atoms with Crippen LogP contribution in [0.5, 0.6) is 5.75 Å². The van der Waals surface area contributed by atoms with Crippen molar-refractivity contribution in [3.63, 3.8) is 0 Å². The number of nitrogens with one attached hydrogen (secondary N) is 2. The summed E-state index contributed by atoms with van der Waals surface area (Å²) in [5.41, 5.74) is 0.981. The van der Waals surface area contributed by atoms with Crippen LogP contribution in [0.25, 0.3) is 11.4 Å². The third-order valence-electron chi connectivity index (χ3n) is 3.42. The lowest BCUT2D eigenvalue weighted by Gasteiger charge is -2.15. The molecule has 2 heterocycles. The normalized spacial score (nSPS) is 12.7. The van der Waals surface area contributed by atoms with Gasteiger partial charge in [-0.1, -0.05) is 17.7 Å². The van der Waals surface area contributed by atoms with Crippen molar-refractivity contribution in [2.75, 3.05) is 19.4 Å². The number of anilines is 2. The fourth-order valence-corrected chi connectivity index (χ4v) is 2.48. The third kappa shape index (κ3) is 3.42. The Balaban J connectivity index is 2.02. The van der Waals surface area contributed by atoms with Crippen LogP contribution in [-0.4, -0.2) is 45.0 Å². The van der Waals surface area contributed by atoms with Gasteiger partial charge in [0, 0.05) is 24.2 Å². The molecule has 0 unspecified atom stereocenters. The number of carbonyl (C=O) groups is 1. The zero-order valence-corrected chi connectivity index (χ0v) is 14.6. The Morgan fingerprint density at radius 1 is 1.35 bits per heavy atom. The number of amides is 1. The van der Waals surface area contributed by atoms with Gasteiger partial charge in [-0.2, -0.15) is 5.10 Å². The molecular formula is C16H16ClN7O2. The predicted molar refractivity (Wildman–Crippen MR) is 96.7 cm³/mol. The van der Waals surface area contributed by atoms with E-state index in [4.69, 9.17) is 20.5 Å². The first kappa shape index (κ1) is 14.0. The monoisotopic (exact) mass is 376 g/mol. The number of carbonyl (C=O) groups excluding carboxylic acids is 1. The average molecular weight is 377 g/mol. The summed E-state index contributed by atoms with van der Waals surface area (Å²) in [6, 6.07) is 6.58. The van der Waals surface area contributed by atoms with E-state index >= 15 is 0 Å². The van der Waals surface area contributed by atoms with E-state index in [1.807, 2.05) is 5.32 Å². The molecule has 134 valence electrons. The van der Waals surface area contributed by atoms with Gasteiger partial charge in [-0.05, 0) is 12.1 Å². The summed E-state index contributed by atoms with van der Waals surface area (Å²) in [4.78, 5) is 16.5. The van der Waals surface area contributed by atoms with Gasteiger partial charge >= 0.3 is 0 Å². The minimum absolute atomic E-state index is 0.0134. The third-order valence-corrected chi connectivity index (χ3v) is 3.61. The number of methoxy groups -OCH3 is 1. The van der Waals surface area contributed by atoms with Crippen LogP contribution >= 0.6 is 11.6 Å². The largest absolute Gasteiger partial charge is 0.494 e. The van der Waals surface area contributed by atoms with Crippen LogP contribution in [0.2, 0.25) is 5.15 Å². The van der Waals surface area contributed by atoms with Crippen LogP contribution in [0.15, 0.2) is 30.6 Å². The topological polar surface area (TPSA) is 107 Å².